The van der Waals surface area contributed by atoms with Crippen LogP contribution in [0.1, 0.15) is 32.3 Å². The Balaban J connectivity index is 2.41. The number of hydrogen-bond acceptors (Lipinski definition) is 3. The highest BCUT2D eigenvalue weighted by Crippen LogP contribution is 2.37. The van der Waals surface area contributed by atoms with Crippen molar-refractivity contribution in [1.29, 1.82) is 0 Å². The van der Waals surface area contributed by atoms with E-state index in [0.717, 1.165) is 24.2 Å². The van der Waals surface area contributed by atoms with Gasteiger partial charge in [-0.05, 0) is 31.0 Å². The molecule has 1 amide bonds. The van der Waals surface area contributed by atoms with E-state index in [4.69, 9.17) is 9.47 Å². The maximum atomic E-state index is 11.9. The molecule has 110 valence electrons. The second-order valence-corrected chi connectivity index (χ2v) is 5.43. The lowest BCUT2D eigenvalue weighted by atomic mass is 9.86. The van der Waals surface area contributed by atoms with Crippen LogP contribution in [0, 0.1) is 0 Å². The first-order valence-electron chi connectivity index (χ1n) is 7.09. The van der Waals surface area contributed by atoms with Crippen molar-refractivity contribution in [2.24, 2.45) is 0 Å². The molecule has 2 unspecified atom stereocenters. The maximum Gasteiger partial charge on any atom is 0.251 e. The summed E-state index contributed by atoms with van der Waals surface area (Å²) in [4.78, 5) is 13.7. The minimum absolute atomic E-state index is 0.0413. The largest absolute Gasteiger partial charge is 0.497 e. The summed E-state index contributed by atoms with van der Waals surface area (Å²) in [6, 6.07) is 7.95. The van der Waals surface area contributed by atoms with Gasteiger partial charge in [-0.1, -0.05) is 25.5 Å². The highest BCUT2D eigenvalue weighted by atomic mass is 16.5. The number of methoxy groups -OCH3 is 1. The van der Waals surface area contributed by atoms with Crippen LogP contribution >= 0.6 is 0 Å². The number of carbonyl (C=O) groups excluding carboxylic acids is 1. The second-order valence-electron chi connectivity index (χ2n) is 5.43. The van der Waals surface area contributed by atoms with Crippen molar-refractivity contribution >= 4 is 5.91 Å². The molecule has 1 aromatic rings. The molecule has 1 fully saturated rings. The third kappa shape index (κ3) is 2.66. The zero-order valence-electron chi connectivity index (χ0n) is 12.7. The van der Waals surface area contributed by atoms with Crippen LogP contribution in [0.5, 0.6) is 5.75 Å². The summed E-state index contributed by atoms with van der Waals surface area (Å²) in [5.74, 6) is 0.855. The molecular formula is C16H23NO3. The summed E-state index contributed by atoms with van der Waals surface area (Å²) in [7, 11) is 3.50. The molecule has 1 aliphatic rings. The molecule has 4 nitrogen and oxygen atoms in total. The molecule has 0 aliphatic carbocycles. The average molecular weight is 277 g/mol. The second kappa shape index (κ2) is 5.83. The molecule has 0 saturated carbocycles. The predicted molar refractivity (Wildman–Crippen MR) is 77.8 cm³/mol. The monoisotopic (exact) mass is 277 g/mol. The molecule has 0 spiro atoms. The van der Waals surface area contributed by atoms with Gasteiger partial charge in [-0.3, -0.25) is 4.79 Å². The molecule has 0 aromatic heterocycles. The molecule has 4 heteroatoms. The lowest BCUT2D eigenvalue weighted by Crippen LogP contribution is -2.54. The molecule has 0 N–H and O–H groups in total. The van der Waals surface area contributed by atoms with Gasteiger partial charge in [-0.25, -0.2) is 0 Å². The van der Waals surface area contributed by atoms with E-state index in [9.17, 15) is 4.79 Å². The minimum Gasteiger partial charge on any atom is -0.497 e. The number of rotatable bonds is 4. The Bertz CT molecular complexity index is 472. The molecule has 1 aliphatic heterocycles. The van der Waals surface area contributed by atoms with Gasteiger partial charge in [0, 0.05) is 7.05 Å². The summed E-state index contributed by atoms with van der Waals surface area (Å²) < 4.78 is 11.4. The Morgan fingerprint density at radius 1 is 1.50 bits per heavy atom. The third-order valence-electron chi connectivity index (χ3n) is 3.87. The first kappa shape index (κ1) is 14.9. The van der Waals surface area contributed by atoms with Gasteiger partial charge in [0.1, 0.15) is 17.5 Å². The molecule has 1 saturated heterocycles. The van der Waals surface area contributed by atoms with Crippen molar-refractivity contribution in [3.8, 4) is 5.75 Å². The summed E-state index contributed by atoms with van der Waals surface area (Å²) >= 11 is 0. The molecule has 1 heterocycles. The Kier molecular flexibility index (Phi) is 4.33. The molecule has 2 rings (SSSR count). The van der Waals surface area contributed by atoms with Gasteiger partial charge in [0.05, 0.1) is 13.7 Å². The Morgan fingerprint density at radius 2 is 2.25 bits per heavy atom. The zero-order valence-corrected chi connectivity index (χ0v) is 12.7. The van der Waals surface area contributed by atoms with E-state index in [1.54, 1.807) is 12.0 Å². The van der Waals surface area contributed by atoms with E-state index < -0.39 is 11.7 Å². The van der Waals surface area contributed by atoms with Crippen molar-refractivity contribution in [3.63, 3.8) is 0 Å². The van der Waals surface area contributed by atoms with E-state index in [-0.39, 0.29) is 5.91 Å². The molecular weight excluding hydrogens is 254 g/mol. The highest BCUT2D eigenvalue weighted by molar-refractivity contribution is 5.81. The zero-order chi connectivity index (χ0) is 14.8. The van der Waals surface area contributed by atoms with E-state index in [1.807, 2.05) is 32.2 Å². The van der Waals surface area contributed by atoms with Crippen molar-refractivity contribution in [2.75, 3.05) is 20.7 Å². The fourth-order valence-electron chi connectivity index (χ4n) is 2.95. The Morgan fingerprint density at radius 3 is 2.85 bits per heavy atom. The maximum absolute atomic E-state index is 11.9. The summed E-state index contributed by atoms with van der Waals surface area (Å²) in [5.41, 5.74) is 0.635. The van der Waals surface area contributed by atoms with Crippen molar-refractivity contribution in [2.45, 2.75) is 38.4 Å². The van der Waals surface area contributed by atoms with Crippen LogP contribution in [0.4, 0.5) is 0 Å². The minimum atomic E-state index is -0.439. The van der Waals surface area contributed by atoms with Crippen LogP contribution in [0.15, 0.2) is 24.3 Å². The van der Waals surface area contributed by atoms with E-state index in [1.165, 1.54) is 0 Å². The van der Waals surface area contributed by atoms with Gasteiger partial charge in [-0.15, -0.1) is 0 Å². The van der Waals surface area contributed by atoms with Crippen molar-refractivity contribution in [1.82, 2.24) is 4.90 Å². The summed E-state index contributed by atoms with van der Waals surface area (Å²) in [6.45, 7) is 4.53. The Hall–Kier alpha value is -1.55. The quantitative estimate of drug-likeness (QED) is 0.849. The summed E-state index contributed by atoms with van der Waals surface area (Å²) in [5, 5.41) is 0. The number of likely N-dealkylation sites (N-methyl/N-ethyl adjacent to an activating group) is 1. The fourth-order valence-corrected chi connectivity index (χ4v) is 2.95. The van der Waals surface area contributed by atoms with Crippen LogP contribution < -0.4 is 4.74 Å². The average Bonchev–Trinajstić information content (AvgIpc) is 2.45. The highest BCUT2D eigenvalue weighted by Gasteiger charge is 2.43. The van der Waals surface area contributed by atoms with Gasteiger partial charge in [0.2, 0.25) is 0 Å². The van der Waals surface area contributed by atoms with E-state index in [0.29, 0.717) is 6.54 Å². The third-order valence-corrected chi connectivity index (χ3v) is 3.87. The molecule has 0 bridgehead atoms. The number of amides is 1. The van der Waals surface area contributed by atoms with E-state index >= 15 is 0 Å². The molecule has 20 heavy (non-hydrogen) atoms. The lowest BCUT2D eigenvalue weighted by Gasteiger charge is -2.44. The SMILES string of the molecule is CCCC1(c2cccc(OC)c2)CN(C)C(=O)C(C)O1. The van der Waals surface area contributed by atoms with Crippen molar-refractivity contribution < 1.29 is 14.3 Å². The number of benzene rings is 1. The van der Waals surface area contributed by atoms with Gasteiger partial charge >= 0.3 is 0 Å². The standard InChI is InChI=1S/C16H23NO3/c1-5-9-16(11-17(3)15(18)12(2)20-16)13-7-6-8-14(10-13)19-4/h6-8,10,12H,5,9,11H2,1-4H3. The number of carbonyl (C=O) groups is 1. The van der Waals surface area contributed by atoms with Crippen LogP contribution in [-0.4, -0.2) is 37.6 Å². The summed E-state index contributed by atoms with van der Waals surface area (Å²) in [6.07, 6.45) is 1.46. The van der Waals surface area contributed by atoms with Crippen LogP contribution in [-0.2, 0) is 15.1 Å². The van der Waals surface area contributed by atoms with Gasteiger partial charge in [0.15, 0.2) is 0 Å². The molecule has 0 radical (unpaired) electrons. The van der Waals surface area contributed by atoms with Gasteiger partial charge in [-0.2, -0.15) is 0 Å². The number of hydrogen-bond donors (Lipinski definition) is 0. The van der Waals surface area contributed by atoms with Crippen LogP contribution in [0.25, 0.3) is 0 Å². The van der Waals surface area contributed by atoms with Crippen molar-refractivity contribution in [3.05, 3.63) is 29.8 Å². The normalized spacial score (nSPS) is 26.7. The number of nitrogens with zero attached hydrogens (tertiary/aromatic N) is 1. The smallest absolute Gasteiger partial charge is 0.251 e. The molecule has 1 aromatic carbocycles. The predicted octanol–water partition coefficient (Wildman–Crippen LogP) is 2.57. The lowest BCUT2D eigenvalue weighted by molar-refractivity contribution is -0.182. The fraction of sp³-hybridized carbons (Fsp3) is 0.562. The van der Waals surface area contributed by atoms with E-state index in [2.05, 4.69) is 13.0 Å². The van der Waals surface area contributed by atoms with Gasteiger partial charge < -0.3 is 14.4 Å². The van der Waals surface area contributed by atoms with Gasteiger partial charge in [0.25, 0.3) is 5.91 Å². The Labute approximate surface area is 120 Å². The first-order chi connectivity index (χ1) is 9.52. The van der Waals surface area contributed by atoms with Crippen LogP contribution in [0.2, 0.25) is 0 Å². The number of morpholine rings is 1. The van der Waals surface area contributed by atoms with Crippen LogP contribution in [0.3, 0.4) is 0 Å². The first-order valence-corrected chi connectivity index (χ1v) is 7.09. The number of ether oxygens (including phenoxy) is 2. The molecule has 2 atom stereocenters. The topological polar surface area (TPSA) is 38.8 Å².